The van der Waals surface area contributed by atoms with Crippen LogP contribution < -0.4 is 13.6 Å². The van der Waals surface area contributed by atoms with Crippen LogP contribution >= 0.6 is 0 Å². The van der Waals surface area contributed by atoms with Gasteiger partial charge in [0, 0.05) is 30.9 Å². The first-order valence-electron chi connectivity index (χ1n) is 13.0. The van der Waals surface area contributed by atoms with E-state index in [1.807, 2.05) is 0 Å². The van der Waals surface area contributed by atoms with Gasteiger partial charge in [0.25, 0.3) is 30.1 Å². The quantitative estimate of drug-likeness (QED) is 0.204. The van der Waals surface area contributed by atoms with Crippen LogP contribution in [-0.2, 0) is 46.5 Å². The average molecular weight is 696 g/mol. The van der Waals surface area contributed by atoms with Gasteiger partial charge < -0.3 is 9.47 Å². The molecule has 0 bridgehead atoms. The molecule has 0 amide bonds. The summed E-state index contributed by atoms with van der Waals surface area (Å²) in [5.41, 5.74) is 0.642. The predicted octanol–water partition coefficient (Wildman–Crippen LogP) is 2.38. The molecule has 0 radical (unpaired) electrons. The lowest BCUT2D eigenvalue weighted by atomic mass is 10.0. The first kappa shape index (κ1) is 34.0. The third-order valence-corrected chi connectivity index (χ3v) is 14.3. The van der Waals surface area contributed by atoms with Crippen LogP contribution in [0.25, 0.3) is 0 Å². The van der Waals surface area contributed by atoms with Gasteiger partial charge in [-0.05, 0) is 48.0 Å². The van der Waals surface area contributed by atoms with Crippen LogP contribution in [0, 0.1) is 0 Å². The number of hydrogen-bond donors (Lipinski definition) is 1. The molecule has 4 aromatic rings. The van der Waals surface area contributed by atoms with Crippen molar-refractivity contribution in [3.63, 3.8) is 0 Å². The lowest BCUT2D eigenvalue weighted by Crippen LogP contribution is -2.42. The molecule has 0 saturated heterocycles. The van der Waals surface area contributed by atoms with E-state index in [4.69, 9.17) is 9.47 Å². The monoisotopic (exact) mass is 695 g/mol. The molecular weight excluding hydrogens is 667 g/mol. The number of ether oxygens (including phenoxy) is 2. The zero-order chi connectivity index (χ0) is 32.9. The molecule has 0 aliphatic rings. The van der Waals surface area contributed by atoms with E-state index < -0.39 is 67.1 Å². The molecule has 13 nitrogen and oxygen atoms in total. The van der Waals surface area contributed by atoms with Crippen molar-refractivity contribution in [3.05, 3.63) is 108 Å². The van der Waals surface area contributed by atoms with Gasteiger partial charge >= 0.3 is 0 Å². The Balaban J connectivity index is 1.70. The van der Waals surface area contributed by atoms with Crippen LogP contribution in [0.15, 0.2) is 112 Å². The van der Waals surface area contributed by atoms with Crippen molar-refractivity contribution in [2.24, 2.45) is 0 Å². The van der Waals surface area contributed by atoms with Crippen molar-refractivity contribution in [2.45, 2.75) is 21.1 Å². The summed E-state index contributed by atoms with van der Waals surface area (Å²) in [6, 6.07) is 18.9. The van der Waals surface area contributed by atoms with Gasteiger partial charge in [-0.2, -0.15) is 0 Å². The molecule has 17 heteroatoms. The van der Waals surface area contributed by atoms with Crippen LogP contribution in [-0.4, -0.2) is 68.9 Å². The minimum absolute atomic E-state index is 0.0377. The number of sulfonamides is 4. The highest BCUT2D eigenvalue weighted by Crippen LogP contribution is 2.37. The molecule has 1 heterocycles. The van der Waals surface area contributed by atoms with Gasteiger partial charge in [0.2, 0.25) is 10.0 Å². The molecule has 0 fully saturated rings. The topological polar surface area (TPSA) is 183 Å². The highest BCUT2D eigenvalue weighted by molar-refractivity contribution is 8.05. The van der Waals surface area contributed by atoms with Crippen molar-refractivity contribution < 1.29 is 43.1 Å². The highest BCUT2D eigenvalue weighted by atomic mass is 32.3. The second-order valence-electron chi connectivity index (χ2n) is 9.35. The number of methoxy groups -OCH3 is 2. The van der Waals surface area contributed by atoms with Gasteiger partial charge in [-0.3, -0.25) is 4.98 Å². The first-order valence-corrected chi connectivity index (χ1v) is 19.0. The number of aromatic nitrogens is 1. The van der Waals surface area contributed by atoms with Crippen molar-refractivity contribution >= 4 is 40.1 Å². The molecule has 0 saturated carbocycles. The number of pyridine rings is 1. The number of nitrogens with one attached hydrogen (secondary N) is 1. The Morgan fingerprint density at radius 1 is 0.711 bits per heavy atom. The molecule has 0 spiro atoms. The van der Waals surface area contributed by atoms with Crippen LogP contribution in [0.4, 0.5) is 0 Å². The molecular formula is C28H29N3O10S4. The Labute approximate surface area is 262 Å². The highest BCUT2D eigenvalue weighted by Gasteiger charge is 2.38. The molecule has 0 atom stereocenters. The van der Waals surface area contributed by atoms with E-state index in [1.54, 1.807) is 16.3 Å². The number of hydrogen-bond acceptors (Lipinski definition) is 11. The van der Waals surface area contributed by atoms with E-state index in [-0.39, 0.29) is 27.2 Å². The van der Waals surface area contributed by atoms with E-state index in [1.165, 1.54) is 69.1 Å². The van der Waals surface area contributed by atoms with Gasteiger partial charge in [0.15, 0.2) is 11.5 Å². The fourth-order valence-electron chi connectivity index (χ4n) is 4.34. The summed E-state index contributed by atoms with van der Waals surface area (Å²) >= 11 is 0. The molecule has 1 aromatic heterocycles. The Morgan fingerprint density at radius 2 is 1.29 bits per heavy atom. The molecule has 4 rings (SSSR count). The summed E-state index contributed by atoms with van der Waals surface area (Å²) in [4.78, 5) is 2.74. The summed E-state index contributed by atoms with van der Waals surface area (Å²) in [5.74, 6) is -1.00. The lowest BCUT2D eigenvalue weighted by Gasteiger charge is -2.22. The molecule has 3 aromatic carbocycles. The second kappa shape index (κ2) is 13.6. The average Bonchev–Trinajstić information content (AvgIpc) is 3.01. The number of benzene rings is 3. The number of nitrogens with zero attached hydrogens (tertiary/aromatic N) is 2. The van der Waals surface area contributed by atoms with E-state index in [9.17, 15) is 33.7 Å². The van der Waals surface area contributed by atoms with Crippen LogP contribution in [0.2, 0.25) is 0 Å². The smallest absolute Gasteiger partial charge is 0.256 e. The van der Waals surface area contributed by atoms with Gasteiger partial charge in [0.1, 0.15) is 0 Å². The standard InChI is InChI=1S/C28H29N3O10S4/c1-40-26-15-16-27(25(28(26)41-2)20-22-10-9-17-29-21-22)43(34,35)30-42(32,33)19-18-31(44(36,37)23-11-5-3-6-12-23)45(38,39)24-13-7-4-8-14-24/h3-17,21,30H,18-20H2,1-2H3. The van der Waals surface area contributed by atoms with Crippen molar-refractivity contribution in [3.8, 4) is 11.5 Å². The van der Waals surface area contributed by atoms with Gasteiger partial charge in [-0.1, -0.05) is 46.2 Å². The minimum atomic E-state index is -4.89. The summed E-state index contributed by atoms with van der Waals surface area (Å²) in [7, 11) is -16.7. The minimum Gasteiger partial charge on any atom is -0.493 e. The van der Waals surface area contributed by atoms with Gasteiger partial charge in [-0.15, -0.1) is 4.13 Å². The maximum atomic E-state index is 13.6. The second-order valence-corrected chi connectivity index (χ2v) is 17.1. The van der Waals surface area contributed by atoms with Crippen LogP contribution in [0.1, 0.15) is 11.1 Å². The summed E-state index contributed by atoms with van der Waals surface area (Å²) in [5, 5.41) is 0. The Hall–Kier alpha value is -3.87. The summed E-state index contributed by atoms with van der Waals surface area (Å²) < 4.78 is 120. The van der Waals surface area contributed by atoms with Crippen LogP contribution in [0.3, 0.4) is 0 Å². The van der Waals surface area contributed by atoms with Crippen LogP contribution in [0.5, 0.6) is 11.5 Å². The fraction of sp³-hybridized carbons (Fsp3) is 0.179. The van der Waals surface area contributed by atoms with Gasteiger partial charge in [-0.25, -0.2) is 33.7 Å². The van der Waals surface area contributed by atoms with E-state index in [0.29, 0.717) is 5.56 Å². The predicted molar refractivity (Wildman–Crippen MR) is 165 cm³/mol. The van der Waals surface area contributed by atoms with E-state index >= 15 is 0 Å². The molecule has 1 N–H and O–H groups in total. The molecule has 45 heavy (non-hydrogen) atoms. The third kappa shape index (κ3) is 7.69. The Kier molecular flexibility index (Phi) is 10.3. The summed E-state index contributed by atoms with van der Waals surface area (Å²) in [6.45, 7) is -1.13. The molecule has 0 aliphatic heterocycles. The fourth-order valence-corrected chi connectivity index (χ4v) is 11.4. The molecule has 0 aliphatic carbocycles. The van der Waals surface area contributed by atoms with Crippen molar-refractivity contribution in [2.75, 3.05) is 26.5 Å². The number of rotatable bonds is 14. The lowest BCUT2D eigenvalue weighted by molar-refractivity contribution is 0.350. The Morgan fingerprint density at radius 3 is 1.78 bits per heavy atom. The van der Waals surface area contributed by atoms with Crippen molar-refractivity contribution in [1.82, 2.24) is 12.8 Å². The summed E-state index contributed by atoms with van der Waals surface area (Å²) in [6.07, 6.45) is 2.98. The van der Waals surface area contributed by atoms with E-state index in [0.717, 1.165) is 30.3 Å². The molecule has 240 valence electrons. The maximum absolute atomic E-state index is 13.6. The van der Waals surface area contributed by atoms with E-state index in [2.05, 4.69) is 4.98 Å². The zero-order valence-corrected chi connectivity index (χ0v) is 27.2. The SMILES string of the molecule is COc1ccc(S(=O)(=O)NS(=O)(=O)CCN(S(=O)(=O)c2ccccc2)S(=O)(=O)c2ccccc2)c(Cc2cccnc2)c1OC. The van der Waals surface area contributed by atoms with Gasteiger partial charge in [0.05, 0.1) is 34.7 Å². The zero-order valence-electron chi connectivity index (χ0n) is 24.0. The first-order chi connectivity index (χ1) is 21.2. The third-order valence-electron chi connectivity index (χ3n) is 6.40. The molecule has 0 unspecified atom stereocenters. The largest absolute Gasteiger partial charge is 0.493 e. The maximum Gasteiger partial charge on any atom is 0.256 e. The normalized spacial score (nSPS) is 12.6. The Bertz CT molecular complexity index is 2010. The van der Waals surface area contributed by atoms with Crippen molar-refractivity contribution in [1.29, 1.82) is 0 Å².